The van der Waals surface area contributed by atoms with E-state index >= 15 is 0 Å². The number of nitrogens with one attached hydrogen (secondary N) is 3. The van der Waals surface area contributed by atoms with Crippen molar-refractivity contribution >= 4 is 11.7 Å². The Kier molecular flexibility index (Phi) is 5.35. The third-order valence-electron chi connectivity index (χ3n) is 3.15. The van der Waals surface area contributed by atoms with Gasteiger partial charge in [-0.2, -0.15) is 5.10 Å². The molecule has 3 N–H and O–H groups in total. The first-order valence-electron chi connectivity index (χ1n) is 6.94. The van der Waals surface area contributed by atoms with E-state index in [1.54, 1.807) is 0 Å². The zero-order valence-corrected chi connectivity index (χ0v) is 11.4. The number of H-pyrrole nitrogens is 1. The summed E-state index contributed by atoms with van der Waals surface area (Å²) in [5, 5.41) is 13.0. The van der Waals surface area contributed by atoms with Crippen LogP contribution in [0, 0.1) is 0 Å². The highest BCUT2D eigenvalue weighted by Gasteiger charge is 2.15. The first-order chi connectivity index (χ1) is 9.28. The Bertz CT molecular complexity index is 399. The van der Waals surface area contributed by atoms with Gasteiger partial charge in [0.2, 0.25) is 0 Å². The second-order valence-electron chi connectivity index (χ2n) is 4.84. The van der Waals surface area contributed by atoms with Crippen LogP contribution in [0.5, 0.6) is 0 Å². The Morgan fingerprint density at radius 2 is 2.32 bits per heavy atom. The van der Waals surface area contributed by atoms with Crippen LogP contribution in [-0.2, 0) is 16.0 Å². The summed E-state index contributed by atoms with van der Waals surface area (Å²) in [5.41, 5.74) is 1.04. The van der Waals surface area contributed by atoms with Crippen molar-refractivity contribution in [3.05, 3.63) is 11.8 Å². The molecule has 106 valence electrons. The molecule has 1 amide bonds. The number of rotatable bonds is 6. The van der Waals surface area contributed by atoms with Gasteiger partial charge in [-0.05, 0) is 32.4 Å². The fourth-order valence-electron chi connectivity index (χ4n) is 2.16. The number of nitrogens with zero attached hydrogens (tertiary/aromatic N) is 1. The number of hydrogen-bond acceptors (Lipinski definition) is 4. The van der Waals surface area contributed by atoms with E-state index in [1.807, 2.05) is 6.07 Å². The average molecular weight is 266 g/mol. The minimum atomic E-state index is -0.145. The van der Waals surface area contributed by atoms with Crippen molar-refractivity contribution in [1.29, 1.82) is 0 Å². The number of aryl methyl sites for hydroxylation is 1. The molecule has 0 unspecified atom stereocenters. The summed E-state index contributed by atoms with van der Waals surface area (Å²) in [5.74, 6) is 0.426. The maximum absolute atomic E-state index is 11.7. The van der Waals surface area contributed by atoms with Crippen molar-refractivity contribution < 1.29 is 9.53 Å². The fourth-order valence-corrected chi connectivity index (χ4v) is 2.16. The first-order valence-corrected chi connectivity index (χ1v) is 6.94. The van der Waals surface area contributed by atoms with Crippen LogP contribution in [-0.4, -0.2) is 41.9 Å². The number of anilines is 1. The first kappa shape index (κ1) is 14.0. The maximum atomic E-state index is 11.7. The topological polar surface area (TPSA) is 79.0 Å². The van der Waals surface area contributed by atoms with Crippen molar-refractivity contribution in [1.82, 2.24) is 15.5 Å². The molecule has 19 heavy (non-hydrogen) atoms. The molecular formula is C13H22N4O2. The molecule has 0 aliphatic carbocycles. The highest BCUT2D eigenvalue weighted by atomic mass is 16.5. The molecule has 1 aromatic rings. The van der Waals surface area contributed by atoms with Gasteiger partial charge < -0.3 is 15.4 Å². The highest BCUT2D eigenvalue weighted by molar-refractivity contribution is 5.90. The molecule has 0 radical (unpaired) electrons. The summed E-state index contributed by atoms with van der Waals surface area (Å²) in [6.07, 6.45) is 4.12. The lowest BCUT2D eigenvalue weighted by Crippen LogP contribution is -2.34. The number of aromatic nitrogens is 2. The molecule has 0 bridgehead atoms. The summed E-state index contributed by atoms with van der Waals surface area (Å²) in [6, 6.07) is 1.87. The Morgan fingerprint density at radius 1 is 1.53 bits per heavy atom. The van der Waals surface area contributed by atoms with Crippen LogP contribution in [0.3, 0.4) is 0 Å². The Labute approximate surface area is 113 Å². The molecule has 1 fully saturated rings. The summed E-state index contributed by atoms with van der Waals surface area (Å²) in [6.45, 7) is 4.13. The van der Waals surface area contributed by atoms with Gasteiger partial charge in [0.05, 0.1) is 6.10 Å². The van der Waals surface area contributed by atoms with Crippen molar-refractivity contribution in [2.45, 2.75) is 38.7 Å². The number of piperidine rings is 1. The van der Waals surface area contributed by atoms with Gasteiger partial charge in [0, 0.05) is 11.8 Å². The molecule has 2 heterocycles. The lowest BCUT2D eigenvalue weighted by molar-refractivity contribution is -0.123. The lowest BCUT2D eigenvalue weighted by atomic mass is 10.1. The fraction of sp³-hybridized carbons (Fsp3) is 0.692. The van der Waals surface area contributed by atoms with E-state index < -0.39 is 0 Å². The van der Waals surface area contributed by atoms with Crippen molar-refractivity contribution in [3.63, 3.8) is 0 Å². The van der Waals surface area contributed by atoms with E-state index in [1.165, 1.54) is 0 Å². The van der Waals surface area contributed by atoms with Gasteiger partial charge in [-0.15, -0.1) is 0 Å². The molecule has 1 aliphatic rings. The van der Waals surface area contributed by atoms with Crippen LogP contribution in [0.25, 0.3) is 0 Å². The molecule has 0 spiro atoms. The SMILES string of the molecule is CCCc1cc(NC(=O)COC2CCNCC2)n[nH]1. The van der Waals surface area contributed by atoms with Crippen LogP contribution in [0.1, 0.15) is 31.9 Å². The second kappa shape index (κ2) is 7.25. The van der Waals surface area contributed by atoms with Gasteiger partial charge in [0.1, 0.15) is 6.61 Å². The van der Waals surface area contributed by atoms with E-state index in [-0.39, 0.29) is 18.6 Å². The standard InChI is InChI=1S/C13H22N4O2/c1-2-3-10-8-12(17-16-10)15-13(18)9-19-11-4-6-14-7-5-11/h8,11,14H,2-7,9H2,1H3,(H2,15,16,17,18). The number of ether oxygens (including phenoxy) is 1. The molecule has 1 aromatic heterocycles. The van der Waals surface area contributed by atoms with Crippen LogP contribution < -0.4 is 10.6 Å². The van der Waals surface area contributed by atoms with Gasteiger partial charge in [-0.1, -0.05) is 13.3 Å². The molecule has 1 saturated heterocycles. The Hall–Kier alpha value is -1.40. The van der Waals surface area contributed by atoms with Crippen LogP contribution in [0.15, 0.2) is 6.07 Å². The second-order valence-corrected chi connectivity index (χ2v) is 4.84. The predicted octanol–water partition coefficient (Wildman–Crippen LogP) is 1.07. The minimum Gasteiger partial charge on any atom is -0.368 e. The van der Waals surface area contributed by atoms with E-state index in [9.17, 15) is 4.79 Å². The number of carbonyl (C=O) groups is 1. The van der Waals surface area contributed by atoms with Crippen LogP contribution in [0.4, 0.5) is 5.82 Å². The molecule has 0 saturated carbocycles. The molecule has 6 heteroatoms. The van der Waals surface area contributed by atoms with Gasteiger partial charge in [0.25, 0.3) is 5.91 Å². The van der Waals surface area contributed by atoms with Gasteiger partial charge >= 0.3 is 0 Å². The largest absolute Gasteiger partial charge is 0.368 e. The van der Waals surface area contributed by atoms with Crippen molar-refractivity contribution in [2.24, 2.45) is 0 Å². The van der Waals surface area contributed by atoms with Crippen molar-refractivity contribution in [3.8, 4) is 0 Å². The summed E-state index contributed by atoms with van der Waals surface area (Å²) < 4.78 is 5.58. The van der Waals surface area contributed by atoms with E-state index in [0.717, 1.165) is 44.5 Å². The molecule has 6 nitrogen and oxygen atoms in total. The van der Waals surface area contributed by atoms with Gasteiger partial charge in [-0.25, -0.2) is 0 Å². The predicted molar refractivity (Wildman–Crippen MR) is 73.1 cm³/mol. The minimum absolute atomic E-state index is 0.0979. The quantitative estimate of drug-likeness (QED) is 0.719. The number of hydrogen-bond donors (Lipinski definition) is 3. The van der Waals surface area contributed by atoms with E-state index in [2.05, 4.69) is 27.8 Å². The summed E-state index contributed by atoms with van der Waals surface area (Å²) in [4.78, 5) is 11.7. The van der Waals surface area contributed by atoms with Crippen LogP contribution in [0.2, 0.25) is 0 Å². The number of aromatic amines is 1. The summed E-state index contributed by atoms with van der Waals surface area (Å²) >= 11 is 0. The molecular weight excluding hydrogens is 244 g/mol. The van der Waals surface area contributed by atoms with Gasteiger partial charge in [-0.3, -0.25) is 9.89 Å². The normalized spacial score (nSPS) is 16.5. The zero-order valence-electron chi connectivity index (χ0n) is 11.4. The summed E-state index contributed by atoms with van der Waals surface area (Å²) in [7, 11) is 0. The van der Waals surface area contributed by atoms with Crippen molar-refractivity contribution in [2.75, 3.05) is 25.0 Å². The third kappa shape index (κ3) is 4.65. The molecule has 1 aliphatic heterocycles. The lowest BCUT2D eigenvalue weighted by Gasteiger charge is -2.22. The van der Waals surface area contributed by atoms with E-state index in [4.69, 9.17) is 4.74 Å². The van der Waals surface area contributed by atoms with Crippen LogP contribution >= 0.6 is 0 Å². The number of amides is 1. The molecule has 0 aromatic carbocycles. The monoisotopic (exact) mass is 266 g/mol. The van der Waals surface area contributed by atoms with Gasteiger partial charge in [0.15, 0.2) is 5.82 Å². The Balaban J connectivity index is 1.70. The Morgan fingerprint density at radius 3 is 3.05 bits per heavy atom. The molecule has 0 atom stereocenters. The highest BCUT2D eigenvalue weighted by Crippen LogP contribution is 2.09. The zero-order chi connectivity index (χ0) is 13.5. The number of carbonyl (C=O) groups excluding carboxylic acids is 1. The van der Waals surface area contributed by atoms with E-state index in [0.29, 0.717) is 5.82 Å². The third-order valence-corrected chi connectivity index (χ3v) is 3.15. The smallest absolute Gasteiger partial charge is 0.251 e. The molecule has 2 rings (SSSR count). The average Bonchev–Trinajstić information content (AvgIpc) is 2.85. The maximum Gasteiger partial charge on any atom is 0.251 e.